The second-order valence-electron chi connectivity index (χ2n) is 7.22. The first-order chi connectivity index (χ1) is 16.2. The van der Waals surface area contributed by atoms with Crippen molar-refractivity contribution in [2.24, 2.45) is 0 Å². The fourth-order valence-corrected chi connectivity index (χ4v) is 3.12. The molecule has 34 heavy (non-hydrogen) atoms. The van der Waals surface area contributed by atoms with E-state index in [-0.39, 0.29) is 17.4 Å². The molecule has 0 N–H and O–H groups in total. The van der Waals surface area contributed by atoms with Gasteiger partial charge in [-0.05, 0) is 77.9 Å². The van der Waals surface area contributed by atoms with Crippen molar-refractivity contribution >= 4 is 24.3 Å². The van der Waals surface area contributed by atoms with E-state index < -0.39 is 6.36 Å². The molecule has 0 saturated heterocycles. The maximum atomic E-state index is 13.2. The third-order valence-electron chi connectivity index (χ3n) is 4.70. The molecule has 1 heterocycles. The van der Waals surface area contributed by atoms with Crippen molar-refractivity contribution in [3.63, 3.8) is 0 Å². The lowest BCUT2D eigenvalue weighted by atomic mass is 10.2. The van der Waals surface area contributed by atoms with Crippen LogP contribution in [0.15, 0.2) is 78.9 Å². The standard InChI is InChI=1S/C26H17F5N2O/c27-20-7-1-18(2-8-20)5-11-22-17-24(12-6-19-3-9-21(28)10-4-19)33(32-22)23-13-15-25(16-14-23)34-26(29,30)31/h1-17H/b11-5+,12-6+. The molecule has 0 unspecified atom stereocenters. The molecule has 0 fully saturated rings. The van der Waals surface area contributed by atoms with E-state index in [1.807, 2.05) is 0 Å². The lowest BCUT2D eigenvalue weighted by Gasteiger charge is -2.10. The summed E-state index contributed by atoms with van der Waals surface area (Å²) in [7, 11) is 0. The van der Waals surface area contributed by atoms with Gasteiger partial charge in [-0.25, -0.2) is 13.5 Å². The lowest BCUT2D eigenvalue weighted by Crippen LogP contribution is -2.17. The summed E-state index contributed by atoms with van der Waals surface area (Å²) in [5, 5.41) is 4.53. The molecule has 0 aliphatic carbocycles. The predicted molar refractivity (Wildman–Crippen MR) is 121 cm³/mol. The van der Waals surface area contributed by atoms with Crippen LogP contribution in [0.4, 0.5) is 22.0 Å². The van der Waals surface area contributed by atoms with Crippen LogP contribution >= 0.6 is 0 Å². The average molecular weight is 468 g/mol. The summed E-state index contributed by atoms with van der Waals surface area (Å²) < 4.78 is 69.2. The molecule has 4 aromatic rings. The maximum Gasteiger partial charge on any atom is 0.573 e. The largest absolute Gasteiger partial charge is 0.573 e. The Morgan fingerprint density at radius 2 is 1.21 bits per heavy atom. The van der Waals surface area contributed by atoms with Gasteiger partial charge < -0.3 is 4.74 Å². The number of ether oxygens (including phenoxy) is 1. The zero-order valence-corrected chi connectivity index (χ0v) is 17.5. The predicted octanol–water partition coefficient (Wildman–Crippen LogP) is 7.39. The average Bonchev–Trinajstić information content (AvgIpc) is 3.21. The van der Waals surface area contributed by atoms with Crippen molar-refractivity contribution in [3.05, 3.63) is 113 Å². The Balaban J connectivity index is 1.66. The summed E-state index contributed by atoms with van der Waals surface area (Å²) in [6, 6.07) is 18.9. The number of hydrogen-bond donors (Lipinski definition) is 0. The number of halogens is 5. The highest BCUT2D eigenvalue weighted by atomic mass is 19.4. The lowest BCUT2D eigenvalue weighted by molar-refractivity contribution is -0.274. The molecular formula is C26H17F5N2O. The molecule has 1 aromatic heterocycles. The summed E-state index contributed by atoms with van der Waals surface area (Å²) in [6.45, 7) is 0. The second-order valence-corrected chi connectivity index (χ2v) is 7.22. The van der Waals surface area contributed by atoms with Gasteiger partial charge in [0.05, 0.1) is 17.1 Å². The summed E-state index contributed by atoms with van der Waals surface area (Å²) in [4.78, 5) is 0. The van der Waals surface area contributed by atoms with Crippen molar-refractivity contribution in [1.82, 2.24) is 9.78 Å². The normalized spacial score (nSPS) is 12.0. The fourth-order valence-electron chi connectivity index (χ4n) is 3.12. The van der Waals surface area contributed by atoms with Crippen LogP contribution in [0.25, 0.3) is 30.0 Å². The molecule has 0 atom stereocenters. The van der Waals surface area contributed by atoms with Crippen LogP contribution in [0.1, 0.15) is 22.5 Å². The summed E-state index contributed by atoms with van der Waals surface area (Å²) >= 11 is 0. The van der Waals surface area contributed by atoms with Crippen LogP contribution < -0.4 is 4.74 Å². The molecule has 0 aliphatic heterocycles. The van der Waals surface area contributed by atoms with E-state index in [1.165, 1.54) is 48.5 Å². The van der Waals surface area contributed by atoms with Crippen LogP contribution in [0.3, 0.4) is 0 Å². The first-order valence-corrected chi connectivity index (χ1v) is 10.1. The number of benzene rings is 3. The third kappa shape index (κ3) is 6.19. The zero-order chi connectivity index (χ0) is 24.1. The van der Waals surface area contributed by atoms with E-state index in [0.717, 1.165) is 11.1 Å². The third-order valence-corrected chi connectivity index (χ3v) is 4.70. The number of nitrogens with zero attached hydrogens (tertiary/aromatic N) is 2. The van der Waals surface area contributed by atoms with Crippen molar-refractivity contribution < 1.29 is 26.7 Å². The number of alkyl halides is 3. The molecule has 0 spiro atoms. The van der Waals surface area contributed by atoms with Crippen molar-refractivity contribution in [1.29, 1.82) is 0 Å². The first-order valence-electron chi connectivity index (χ1n) is 10.1. The second kappa shape index (κ2) is 9.74. The van der Waals surface area contributed by atoms with E-state index in [1.54, 1.807) is 59.3 Å². The van der Waals surface area contributed by atoms with Gasteiger partial charge in [-0.2, -0.15) is 5.10 Å². The Labute approximate surface area is 192 Å². The van der Waals surface area contributed by atoms with Gasteiger partial charge in [-0.3, -0.25) is 0 Å². The van der Waals surface area contributed by atoms with Gasteiger partial charge in [0, 0.05) is 0 Å². The van der Waals surface area contributed by atoms with E-state index in [9.17, 15) is 22.0 Å². The van der Waals surface area contributed by atoms with Crippen LogP contribution in [0.5, 0.6) is 5.75 Å². The van der Waals surface area contributed by atoms with E-state index in [4.69, 9.17) is 0 Å². The van der Waals surface area contributed by atoms with Crippen LogP contribution in [0, 0.1) is 11.6 Å². The molecule has 0 aliphatic rings. The Morgan fingerprint density at radius 3 is 1.74 bits per heavy atom. The van der Waals surface area contributed by atoms with Crippen LogP contribution in [-0.4, -0.2) is 16.1 Å². The van der Waals surface area contributed by atoms with Crippen molar-refractivity contribution in [3.8, 4) is 11.4 Å². The van der Waals surface area contributed by atoms with Gasteiger partial charge in [0.15, 0.2) is 0 Å². The Morgan fingerprint density at radius 1 is 0.676 bits per heavy atom. The molecule has 0 saturated carbocycles. The van der Waals surface area contributed by atoms with Gasteiger partial charge in [-0.15, -0.1) is 13.2 Å². The Hall–Kier alpha value is -4.20. The minimum atomic E-state index is -4.78. The summed E-state index contributed by atoms with van der Waals surface area (Å²) in [5.74, 6) is -1.03. The molecular weight excluding hydrogens is 451 g/mol. The molecule has 172 valence electrons. The maximum absolute atomic E-state index is 13.2. The topological polar surface area (TPSA) is 27.1 Å². The molecule has 3 nitrogen and oxygen atoms in total. The Bertz CT molecular complexity index is 1300. The highest BCUT2D eigenvalue weighted by molar-refractivity contribution is 5.73. The molecule has 8 heteroatoms. The molecule has 3 aromatic carbocycles. The number of hydrogen-bond acceptors (Lipinski definition) is 2. The fraction of sp³-hybridized carbons (Fsp3) is 0.0385. The van der Waals surface area contributed by atoms with E-state index >= 15 is 0 Å². The highest BCUT2D eigenvalue weighted by Gasteiger charge is 2.31. The zero-order valence-electron chi connectivity index (χ0n) is 17.5. The SMILES string of the molecule is Fc1ccc(/C=C/c2cc(/C=C/c3ccc(F)cc3)n(-c3ccc(OC(F)(F)F)cc3)n2)cc1. The number of rotatable bonds is 6. The molecule has 0 amide bonds. The highest BCUT2D eigenvalue weighted by Crippen LogP contribution is 2.25. The molecule has 0 bridgehead atoms. The van der Waals surface area contributed by atoms with Crippen molar-refractivity contribution in [2.75, 3.05) is 0 Å². The van der Waals surface area contributed by atoms with Gasteiger partial charge in [-0.1, -0.05) is 36.4 Å². The minimum Gasteiger partial charge on any atom is -0.406 e. The van der Waals surface area contributed by atoms with Crippen LogP contribution in [-0.2, 0) is 0 Å². The van der Waals surface area contributed by atoms with Gasteiger partial charge in [0.2, 0.25) is 0 Å². The van der Waals surface area contributed by atoms with Crippen LogP contribution in [0.2, 0.25) is 0 Å². The van der Waals surface area contributed by atoms with Gasteiger partial charge >= 0.3 is 6.36 Å². The molecule has 0 radical (unpaired) electrons. The first kappa shape index (κ1) is 23.0. The van der Waals surface area contributed by atoms with Gasteiger partial charge in [0.25, 0.3) is 0 Å². The minimum absolute atomic E-state index is 0.340. The summed E-state index contributed by atoms with van der Waals surface area (Å²) in [6.07, 6.45) is 2.24. The Kier molecular flexibility index (Phi) is 6.58. The summed E-state index contributed by atoms with van der Waals surface area (Å²) in [5.41, 5.74) is 3.24. The quantitative estimate of drug-likeness (QED) is 0.276. The monoisotopic (exact) mass is 468 g/mol. The smallest absolute Gasteiger partial charge is 0.406 e. The van der Waals surface area contributed by atoms with Gasteiger partial charge in [0.1, 0.15) is 17.4 Å². The van der Waals surface area contributed by atoms with E-state index in [2.05, 4.69) is 9.84 Å². The van der Waals surface area contributed by atoms with E-state index in [0.29, 0.717) is 17.1 Å². The number of aromatic nitrogens is 2. The molecule has 4 rings (SSSR count). The van der Waals surface area contributed by atoms with Crippen molar-refractivity contribution in [2.45, 2.75) is 6.36 Å².